The largest absolute Gasteiger partial charge is 0.464 e. The summed E-state index contributed by atoms with van der Waals surface area (Å²) in [5.41, 5.74) is 0. The second-order valence-electron chi connectivity index (χ2n) is 5.34. The van der Waals surface area contributed by atoms with Crippen molar-refractivity contribution in [1.29, 1.82) is 0 Å². The molecule has 1 aromatic rings. The molecule has 1 fully saturated rings. The van der Waals surface area contributed by atoms with Crippen molar-refractivity contribution in [1.82, 2.24) is 10.2 Å². The van der Waals surface area contributed by atoms with E-state index in [4.69, 9.17) is 4.42 Å². The van der Waals surface area contributed by atoms with Gasteiger partial charge in [-0.15, -0.1) is 0 Å². The third-order valence-corrected chi connectivity index (χ3v) is 4.23. The van der Waals surface area contributed by atoms with E-state index in [0.29, 0.717) is 30.0 Å². The highest BCUT2D eigenvalue weighted by Crippen LogP contribution is 2.21. The van der Waals surface area contributed by atoms with Gasteiger partial charge in [0.2, 0.25) is 0 Å². The van der Waals surface area contributed by atoms with Gasteiger partial charge < -0.3 is 14.6 Å². The third kappa shape index (κ3) is 5.42. The molecule has 1 aliphatic heterocycles. The molecule has 0 bridgehead atoms. The molecule has 3 nitrogen and oxygen atoms in total. The molecule has 2 heterocycles. The van der Waals surface area contributed by atoms with Gasteiger partial charge >= 0.3 is 0 Å². The van der Waals surface area contributed by atoms with Crippen LogP contribution in [0.25, 0.3) is 0 Å². The van der Waals surface area contributed by atoms with E-state index >= 15 is 0 Å². The Labute approximate surface area is 123 Å². The molecule has 1 N–H and O–H groups in total. The number of piperidine rings is 1. The predicted molar refractivity (Wildman–Crippen MR) is 77.9 cm³/mol. The molecule has 1 atom stereocenters. The lowest BCUT2D eigenvalue weighted by molar-refractivity contribution is 0.205. The summed E-state index contributed by atoms with van der Waals surface area (Å²) < 4.78 is 29.7. The van der Waals surface area contributed by atoms with E-state index in [1.807, 2.05) is 6.07 Å². The van der Waals surface area contributed by atoms with E-state index < -0.39 is 5.76 Å². The number of thioether (sulfide) groups is 1. The Bertz CT molecular complexity index is 400. The number of alkyl halides is 2. The molecule has 20 heavy (non-hydrogen) atoms. The minimum Gasteiger partial charge on any atom is -0.464 e. The maximum Gasteiger partial charge on any atom is 0.284 e. The lowest BCUT2D eigenvalue weighted by Gasteiger charge is -2.29. The van der Waals surface area contributed by atoms with Gasteiger partial charge in [0, 0.05) is 6.54 Å². The fourth-order valence-corrected chi connectivity index (χ4v) is 3.02. The highest BCUT2D eigenvalue weighted by Gasteiger charge is 2.16. The van der Waals surface area contributed by atoms with Gasteiger partial charge in [0.1, 0.15) is 11.5 Å². The van der Waals surface area contributed by atoms with Crippen LogP contribution in [0.15, 0.2) is 16.5 Å². The van der Waals surface area contributed by atoms with Crippen LogP contribution in [0.4, 0.5) is 8.78 Å². The fourth-order valence-electron chi connectivity index (χ4n) is 2.58. The highest BCUT2D eigenvalue weighted by molar-refractivity contribution is 7.98. The van der Waals surface area contributed by atoms with Crippen molar-refractivity contribution in [3.8, 4) is 0 Å². The first-order chi connectivity index (χ1) is 9.63. The molecule has 1 aliphatic rings. The molecule has 1 saturated heterocycles. The van der Waals surface area contributed by atoms with Gasteiger partial charge in [0.05, 0.1) is 12.3 Å². The van der Waals surface area contributed by atoms with E-state index in [9.17, 15) is 8.78 Å². The van der Waals surface area contributed by atoms with Crippen LogP contribution in [0.3, 0.4) is 0 Å². The Balaban J connectivity index is 1.66. The lowest BCUT2D eigenvalue weighted by Crippen LogP contribution is -2.37. The number of furan rings is 1. The van der Waals surface area contributed by atoms with Crippen molar-refractivity contribution in [2.75, 3.05) is 26.7 Å². The molecule has 0 spiro atoms. The number of nitrogens with one attached hydrogen (secondary N) is 1. The summed E-state index contributed by atoms with van der Waals surface area (Å²) in [6.45, 7) is 3.98. The van der Waals surface area contributed by atoms with Crippen molar-refractivity contribution < 1.29 is 13.2 Å². The van der Waals surface area contributed by atoms with Crippen LogP contribution in [-0.2, 0) is 12.3 Å². The number of rotatable bonds is 7. The highest BCUT2D eigenvalue weighted by atomic mass is 32.2. The number of hydrogen-bond acceptors (Lipinski definition) is 4. The molecule has 1 aromatic heterocycles. The van der Waals surface area contributed by atoms with Gasteiger partial charge in [-0.1, -0.05) is 11.8 Å². The topological polar surface area (TPSA) is 28.4 Å². The van der Waals surface area contributed by atoms with Crippen LogP contribution < -0.4 is 5.32 Å². The molecule has 0 radical (unpaired) electrons. The van der Waals surface area contributed by atoms with Crippen LogP contribution >= 0.6 is 11.8 Å². The summed E-state index contributed by atoms with van der Waals surface area (Å²) in [5, 5.41) is 3.39. The minimum atomic E-state index is -2.34. The van der Waals surface area contributed by atoms with Crippen molar-refractivity contribution in [3.05, 3.63) is 23.7 Å². The van der Waals surface area contributed by atoms with Gasteiger partial charge in [-0.2, -0.15) is 8.78 Å². The van der Waals surface area contributed by atoms with E-state index in [2.05, 4.69) is 17.3 Å². The quantitative estimate of drug-likeness (QED) is 0.837. The average molecular weight is 304 g/mol. The van der Waals surface area contributed by atoms with Crippen LogP contribution in [0, 0.1) is 5.92 Å². The number of hydrogen-bond donors (Lipinski definition) is 1. The first-order valence-corrected chi connectivity index (χ1v) is 8.05. The molecule has 6 heteroatoms. The van der Waals surface area contributed by atoms with E-state index in [1.165, 1.54) is 19.4 Å². The summed E-state index contributed by atoms with van der Waals surface area (Å²) >= 11 is 0.591. The number of nitrogens with zero attached hydrogens (tertiary/aromatic N) is 1. The Kier molecular flexibility index (Phi) is 6.32. The Morgan fingerprint density at radius 3 is 3.00 bits per heavy atom. The van der Waals surface area contributed by atoms with Gasteiger partial charge in [-0.05, 0) is 51.0 Å². The van der Waals surface area contributed by atoms with E-state index in [1.54, 1.807) is 6.07 Å². The summed E-state index contributed by atoms with van der Waals surface area (Å²) in [6, 6.07) is 3.64. The summed E-state index contributed by atoms with van der Waals surface area (Å²) in [7, 11) is 2.16. The number of halogens is 2. The van der Waals surface area contributed by atoms with Crippen molar-refractivity contribution in [2.45, 2.75) is 30.9 Å². The smallest absolute Gasteiger partial charge is 0.284 e. The molecule has 1 unspecified atom stereocenters. The van der Waals surface area contributed by atoms with Crippen LogP contribution in [-0.4, -0.2) is 37.3 Å². The molecule has 0 amide bonds. The molecular weight excluding hydrogens is 282 g/mol. The zero-order chi connectivity index (χ0) is 14.4. The van der Waals surface area contributed by atoms with E-state index in [-0.39, 0.29) is 5.75 Å². The standard InChI is InChI=1S/C14H22F2N2OS/c1-18-6-2-3-11(9-18)7-17-8-12-4-5-13(19-12)10-20-14(15)16/h4-5,11,14,17H,2-3,6-10H2,1H3. The van der Waals surface area contributed by atoms with Gasteiger partial charge in [-0.25, -0.2) is 0 Å². The zero-order valence-electron chi connectivity index (χ0n) is 11.8. The minimum absolute atomic E-state index is 0.227. The fraction of sp³-hybridized carbons (Fsp3) is 0.714. The summed E-state index contributed by atoms with van der Waals surface area (Å²) in [5.74, 6) is 0.0107. The van der Waals surface area contributed by atoms with Crippen molar-refractivity contribution >= 4 is 11.8 Å². The lowest BCUT2D eigenvalue weighted by atomic mass is 9.98. The van der Waals surface area contributed by atoms with Gasteiger partial charge in [0.15, 0.2) is 0 Å². The second-order valence-corrected chi connectivity index (χ2v) is 6.32. The monoisotopic (exact) mass is 304 g/mol. The van der Waals surface area contributed by atoms with Crippen molar-refractivity contribution in [2.24, 2.45) is 5.92 Å². The number of likely N-dealkylation sites (tertiary alicyclic amines) is 1. The molecule has 114 valence electrons. The normalized spacial score (nSPS) is 20.7. The van der Waals surface area contributed by atoms with Crippen LogP contribution in [0.1, 0.15) is 24.4 Å². The zero-order valence-corrected chi connectivity index (χ0v) is 12.6. The molecule has 0 aromatic carbocycles. The first-order valence-electron chi connectivity index (χ1n) is 7.00. The third-order valence-electron chi connectivity index (χ3n) is 3.52. The first kappa shape index (κ1) is 15.8. The Morgan fingerprint density at radius 2 is 2.25 bits per heavy atom. The van der Waals surface area contributed by atoms with Crippen LogP contribution in [0.2, 0.25) is 0 Å². The van der Waals surface area contributed by atoms with Gasteiger partial charge in [-0.3, -0.25) is 0 Å². The van der Waals surface area contributed by atoms with Gasteiger partial charge in [0.25, 0.3) is 5.76 Å². The predicted octanol–water partition coefficient (Wildman–Crippen LogP) is 3.17. The molecule has 0 aliphatic carbocycles. The SMILES string of the molecule is CN1CCCC(CNCc2ccc(CSC(F)F)o2)C1. The molecule has 0 saturated carbocycles. The summed E-state index contributed by atoms with van der Waals surface area (Å²) in [6.07, 6.45) is 2.53. The van der Waals surface area contributed by atoms with Crippen molar-refractivity contribution in [3.63, 3.8) is 0 Å². The molecular formula is C14H22F2N2OS. The van der Waals surface area contributed by atoms with Crippen LogP contribution in [0.5, 0.6) is 0 Å². The summed E-state index contributed by atoms with van der Waals surface area (Å²) in [4.78, 5) is 2.36. The Morgan fingerprint density at radius 1 is 1.45 bits per heavy atom. The second kappa shape index (κ2) is 8.00. The molecule has 2 rings (SSSR count). The Hall–Kier alpha value is -0.590. The maximum absolute atomic E-state index is 12.1. The average Bonchev–Trinajstić information content (AvgIpc) is 2.84. The maximum atomic E-state index is 12.1. The van der Waals surface area contributed by atoms with E-state index in [0.717, 1.165) is 18.8 Å².